The first-order valence-corrected chi connectivity index (χ1v) is 8.46. The quantitative estimate of drug-likeness (QED) is 0.742. The molecule has 0 amide bonds. The zero-order chi connectivity index (χ0) is 17.2. The fourth-order valence-electron chi connectivity index (χ4n) is 3.35. The molecule has 4 rings (SSSR count). The molecule has 0 unspecified atom stereocenters. The number of hydrogen-bond acceptors (Lipinski definition) is 6. The van der Waals surface area contributed by atoms with E-state index in [0.717, 1.165) is 42.1 Å². The predicted octanol–water partition coefficient (Wildman–Crippen LogP) is 2.90. The fraction of sp³-hybridized carbons (Fsp3) is 0.444. The Hall–Kier alpha value is -2.38. The number of hydrogen-bond donors (Lipinski definition) is 1. The van der Waals surface area contributed by atoms with Crippen LogP contribution in [0.2, 0.25) is 0 Å². The van der Waals surface area contributed by atoms with Gasteiger partial charge in [0, 0.05) is 45.1 Å². The molecule has 1 aliphatic heterocycles. The molecule has 25 heavy (non-hydrogen) atoms. The minimum absolute atomic E-state index is 0.0871. The summed E-state index contributed by atoms with van der Waals surface area (Å²) in [6.45, 7) is 2.00. The summed E-state index contributed by atoms with van der Waals surface area (Å²) in [5.74, 6) is 1.00. The second kappa shape index (κ2) is 6.85. The maximum Gasteiger partial charge on any atom is 0.221 e. The van der Waals surface area contributed by atoms with E-state index in [1.165, 1.54) is 0 Å². The summed E-state index contributed by atoms with van der Waals surface area (Å²) in [6.07, 6.45) is 2.94. The van der Waals surface area contributed by atoms with Crippen LogP contribution in [-0.2, 0) is 23.1 Å². The smallest absolute Gasteiger partial charge is 0.221 e. The van der Waals surface area contributed by atoms with Gasteiger partial charge in [-0.3, -0.25) is 4.68 Å². The van der Waals surface area contributed by atoms with Gasteiger partial charge in [0.05, 0.1) is 5.69 Å². The lowest BCUT2D eigenvalue weighted by atomic mass is 9.99. The van der Waals surface area contributed by atoms with Crippen LogP contribution in [0.3, 0.4) is 0 Å². The van der Waals surface area contributed by atoms with E-state index in [1.54, 1.807) is 7.11 Å². The van der Waals surface area contributed by atoms with E-state index in [2.05, 4.69) is 15.4 Å². The molecule has 1 fully saturated rings. The first kappa shape index (κ1) is 16.1. The molecule has 1 aliphatic rings. The number of nitrogens with one attached hydrogen (secondary N) is 1. The first-order chi connectivity index (χ1) is 12.2. The number of aryl methyl sites for hydroxylation is 1. The highest BCUT2D eigenvalue weighted by molar-refractivity contribution is 5.77. The van der Waals surface area contributed by atoms with Crippen LogP contribution in [0.15, 0.2) is 34.9 Å². The van der Waals surface area contributed by atoms with Crippen molar-refractivity contribution < 1.29 is 13.9 Å². The number of ether oxygens (including phenoxy) is 2. The zero-order valence-corrected chi connectivity index (χ0v) is 14.4. The van der Waals surface area contributed by atoms with Gasteiger partial charge in [0.1, 0.15) is 18.2 Å². The van der Waals surface area contributed by atoms with E-state index >= 15 is 0 Å². The van der Waals surface area contributed by atoms with E-state index in [4.69, 9.17) is 13.9 Å². The highest BCUT2D eigenvalue weighted by atomic mass is 16.5. The highest BCUT2D eigenvalue weighted by Crippen LogP contribution is 2.34. The van der Waals surface area contributed by atoms with Crippen LogP contribution in [0.4, 0.5) is 5.69 Å². The van der Waals surface area contributed by atoms with Gasteiger partial charge in [-0.15, -0.1) is 0 Å². The van der Waals surface area contributed by atoms with Gasteiger partial charge in [0.25, 0.3) is 0 Å². The molecule has 0 bridgehead atoms. The minimum atomic E-state index is 0.0871. The topological polar surface area (TPSA) is 74.3 Å². The van der Waals surface area contributed by atoms with Crippen molar-refractivity contribution >= 4 is 16.8 Å². The monoisotopic (exact) mass is 342 g/mol. The Morgan fingerprint density at radius 2 is 2.28 bits per heavy atom. The average molecular weight is 342 g/mol. The van der Waals surface area contributed by atoms with Gasteiger partial charge in [0.2, 0.25) is 5.89 Å². The minimum Gasteiger partial charge on any atom is -0.438 e. The molecule has 3 heterocycles. The number of nitrogens with zero attached hydrogens (tertiary/aromatic N) is 3. The van der Waals surface area contributed by atoms with E-state index in [9.17, 15) is 0 Å². The number of aromatic nitrogens is 3. The van der Waals surface area contributed by atoms with Crippen LogP contribution < -0.4 is 5.32 Å². The molecule has 0 aliphatic carbocycles. The molecule has 7 nitrogen and oxygen atoms in total. The largest absolute Gasteiger partial charge is 0.438 e. The molecule has 0 radical (unpaired) electrons. The molecular weight excluding hydrogens is 320 g/mol. The Morgan fingerprint density at radius 1 is 1.36 bits per heavy atom. The van der Waals surface area contributed by atoms with Crippen molar-refractivity contribution in [2.45, 2.75) is 19.1 Å². The zero-order valence-electron chi connectivity index (χ0n) is 14.4. The normalized spacial score (nSPS) is 20.4. The number of fused-ring (bicyclic) bond motifs is 1. The first-order valence-electron chi connectivity index (χ1n) is 8.46. The molecule has 2 atom stereocenters. The molecule has 3 aromatic rings. The summed E-state index contributed by atoms with van der Waals surface area (Å²) < 4.78 is 18.5. The van der Waals surface area contributed by atoms with E-state index in [0.29, 0.717) is 18.4 Å². The van der Waals surface area contributed by atoms with E-state index in [-0.39, 0.29) is 6.10 Å². The predicted molar refractivity (Wildman–Crippen MR) is 93.2 cm³/mol. The van der Waals surface area contributed by atoms with Gasteiger partial charge in [-0.2, -0.15) is 5.10 Å². The summed E-state index contributed by atoms with van der Waals surface area (Å²) in [5, 5.41) is 7.76. The van der Waals surface area contributed by atoms with Crippen LogP contribution >= 0.6 is 0 Å². The van der Waals surface area contributed by atoms with Crippen LogP contribution in [-0.4, -0.2) is 35.0 Å². The molecule has 1 saturated heterocycles. The molecule has 1 N–H and O–H groups in total. The van der Waals surface area contributed by atoms with Crippen molar-refractivity contribution in [2.75, 3.05) is 25.6 Å². The van der Waals surface area contributed by atoms with Gasteiger partial charge in [-0.1, -0.05) is 0 Å². The number of methoxy groups -OCH3 is 1. The number of oxazole rings is 1. The van der Waals surface area contributed by atoms with Gasteiger partial charge in [-0.05, 0) is 30.7 Å². The average Bonchev–Trinajstić information content (AvgIpc) is 3.31. The van der Waals surface area contributed by atoms with E-state index in [1.807, 2.05) is 42.2 Å². The lowest BCUT2D eigenvalue weighted by Gasteiger charge is -2.19. The third-order valence-electron chi connectivity index (χ3n) is 4.63. The van der Waals surface area contributed by atoms with Crippen LogP contribution in [0.5, 0.6) is 0 Å². The standard InChI is InChI=1S/C18H22N4O3/c1-22-15(5-7-20-22)18-12(6-8-24-18)10-19-13-3-4-16-14(9-13)21-17(25-16)11-23-2/h3-5,7,9,12,18-19H,6,8,10-11H2,1-2H3/t12-,18+/m0/s1. The summed E-state index contributed by atoms with van der Waals surface area (Å²) in [7, 11) is 3.59. The van der Waals surface area contributed by atoms with Crippen LogP contribution in [0.25, 0.3) is 11.1 Å². The second-order valence-electron chi connectivity index (χ2n) is 6.32. The molecule has 0 spiro atoms. The third-order valence-corrected chi connectivity index (χ3v) is 4.63. The van der Waals surface area contributed by atoms with Crippen molar-refractivity contribution in [1.29, 1.82) is 0 Å². The van der Waals surface area contributed by atoms with E-state index < -0.39 is 0 Å². The summed E-state index contributed by atoms with van der Waals surface area (Å²) >= 11 is 0. The van der Waals surface area contributed by atoms with Gasteiger partial charge in [-0.25, -0.2) is 4.98 Å². The van der Waals surface area contributed by atoms with Gasteiger partial charge < -0.3 is 19.2 Å². The maximum atomic E-state index is 5.94. The molecular formula is C18H22N4O3. The Bertz CT molecular complexity index is 857. The van der Waals surface area contributed by atoms with Gasteiger partial charge in [0.15, 0.2) is 5.58 Å². The van der Waals surface area contributed by atoms with Crippen molar-refractivity contribution in [1.82, 2.24) is 14.8 Å². The highest BCUT2D eigenvalue weighted by Gasteiger charge is 2.31. The molecule has 1 aromatic carbocycles. The van der Waals surface area contributed by atoms with Crippen molar-refractivity contribution in [3.8, 4) is 0 Å². The Labute approximate surface area is 145 Å². The lowest BCUT2D eigenvalue weighted by Crippen LogP contribution is -2.19. The van der Waals surface area contributed by atoms with Crippen LogP contribution in [0, 0.1) is 5.92 Å². The summed E-state index contributed by atoms with van der Waals surface area (Å²) in [5.41, 5.74) is 3.76. The summed E-state index contributed by atoms with van der Waals surface area (Å²) in [4.78, 5) is 4.44. The van der Waals surface area contributed by atoms with Crippen molar-refractivity contribution in [2.24, 2.45) is 13.0 Å². The molecule has 7 heteroatoms. The maximum absolute atomic E-state index is 5.94. The molecule has 0 saturated carbocycles. The lowest BCUT2D eigenvalue weighted by molar-refractivity contribution is 0.0866. The number of anilines is 1. The van der Waals surface area contributed by atoms with Crippen LogP contribution in [0.1, 0.15) is 24.1 Å². The summed E-state index contributed by atoms with van der Waals surface area (Å²) in [6, 6.07) is 7.99. The molecule has 2 aromatic heterocycles. The number of rotatable bonds is 6. The van der Waals surface area contributed by atoms with Gasteiger partial charge >= 0.3 is 0 Å². The third kappa shape index (κ3) is 3.25. The fourth-order valence-corrected chi connectivity index (χ4v) is 3.35. The Balaban J connectivity index is 1.45. The number of benzene rings is 1. The van der Waals surface area contributed by atoms with Crippen molar-refractivity contribution in [3.63, 3.8) is 0 Å². The Morgan fingerprint density at radius 3 is 3.08 bits per heavy atom. The Kier molecular flexibility index (Phi) is 4.42. The van der Waals surface area contributed by atoms with Crippen molar-refractivity contribution in [3.05, 3.63) is 42.0 Å². The SMILES string of the molecule is COCc1nc2cc(NC[C@@H]3CCO[C@H]3c3ccnn3C)ccc2o1. The second-order valence-corrected chi connectivity index (χ2v) is 6.32. The molecule has 132 valence electrons.